The molecule has 0 atom stereocenters. The summed E-state index contributed by atoms with van der Waals surface area (Å²) < 4.78 is 0. The lowest BCUT2D eigenvalue weighted by Gasteiger charge is -2.01. The van der Waals surface area contributed by atoms with Crippen LogP contribution in [-0.4, -0.2) is 16.2 Å². The molecule has 1 aromatic carbocycles. The van der Waals surface area contributed by atoms with Gasteiger partial charge < -0.3 is 10.2 Å². The highest BCUT2D eigenvalue weighted by Gasteiger charge is 1.98. The van der Waals surface area contributed by atoms with Crippen LogP contribution in [0, 0.1) is 0 Å². The van der Waals surface area contributed by atoms with E-state index in [1.54, 1.807) is 18.2 Å². The fourth-order valence-electron chi connectivity index (χ4n) is 1.28. The van der Waals surface area contributed by atoms with Gasteiger partial charge in [-0.15, -0.1) is 0 Å². The van der Waals surface area contributed by atoms with E-state index in [2.05, 4.69) is 0 Å². The van der Waals surface area contributed by atoms with Gasteiger partial charge >= 0.3 is 5.97 Å². The molecule has 0 spiro atoms. The minimum atomic E-state index is -0.796. The van der Waals surface area contributed by atoms with Crippen LogP contribution in [0.3, 0.4) is 0 Å². The molecule has 0 heterocycles. The molecule has 0 fully saturated rings. The fourth-order valence-corrected chi connectivity index (χ4v) is 1.28. The first-order valence-electron chi connectivity index (χ1n) is 4.77. The predicted molar refractivity (Wildman–Crippen MR) is 58.6 cm³/mol. The minimum Gasteiger partial charge on any atom is -0.508 e. The van der Waals surface area contributed by atoms with E-state index in [4.69, 9.17) is 5.11 Å². The molecule has 0 saturated heterocycles. The van der Waals surface area contributed by atoms with E-state index in [9.17, 15) is 9.90 Å². The molecule has 80 valence electrons. The summed E-state index contributed by atoms with van der Waals surface area (Å²) in [5, 5.41) is 17.7. The number of phenolic OH excluding ortho intramolecular Hbond substituents is 1. The molecule has 3 heteroatoms. The molecule has 0 radical (unpaired) electrons. The SMILES string of the molecule is C/C(=C/CCC(=O)O)c1cccc(O)c1. The van der Waals surface area contributed by atoms with Gasteiger partial charge in [-0.1, -0.05) is 18.2 Å². The maximum atomic E-state index is 10.3. The van der Waals surface area contributed by atoms with Gasteiger partial charge in [0.15, 0.2) is 0 Å². The molecule has 0 saturated carbocycles. The van der Waals surface area contributed by atoms with E-state index in [1.807, 2.05) is 19.1 Å². The first-order chi connectivity index (χ1) is 7.09. The Morgan fingerprint density at radius 1 is 1.47 bits per heavy atom. The number of allylic oxidation sites excluding steroid dienone is 2. The third-order valence-electron chi connectivity index (χ3n) is 2.11. The normalized spacial score (nSPS) is 11.4. The van der Waals surface area contributed by atoms with Gasteiger partial charge in [0.25, 0.3) is 0 Å². The minimum absolute atomic E-state index is 0.135. The van der Waals surface area contributed by atoms with Crippen LogP contribution in [0.2, 0.25) is 0 Å². The molecule has 0 aromatic heterocycles. The molecular formula is C12H14O3. The number of aliphatic carboxylic acids is 1. The van der Waals surface area contributed by atoms with Crippen LogP contribution >= 0.6 is 0 Å². The van der Waals surface area contributed by atoms with Gasteiger partial charge in [0.1, 0.15) is 5.75 Å². The fraction of sp³-hybridized carbons (Fsp3) is 0.250. The summed E-state index contributed by atoms with van der Waals surface area (Å²) >= 11 is 0. The summed E-state index contributed by atoms with van der Waals surface area (Å²) in [4.78, 5) is 10.3. The monoisotopic (exact) mass is 206 g/mol. The van der Waals surface area contributed by atoms with Gasteiger partial charge in [-0.2, -0.15) is 0 Å². The van der Waals surface area contributed by atoms with Crippen LogP contribution in [0.25, 0.3) is 5.57 Å². The number of carboxylic acid groups (broad SMARTS) is 1. The van der Waals surface area contributed by atoms with Crippen molar-refractivity contribution in [3.63, 3.8) is 0 Å². The standard InChI is InChI=1S/C12H14O3/c1-9(4-2-7-12(14)15)10-5-3-6-11(13)8-10/h3-6,8,13H,2,7H2,1H3,(H,14,15)/b9-4-. The number of rotatable bonds is 4. The van der Waals surface area contributed by atoms with Gasteiger partial charge in [-0.05, 0) is 36.6 Å². The smallest absolute Gasteiger partial charge is 0.303 e. The summed E-state index contributed by atoms with van der Waals surface area (Å²) in [6, 6.07) is 6.91. The van der Waals surface area contributed by atoms with Gasteiger partial charge in [0, 0.05) is 6.42 Å². The van der Waals surface area contributed by atoms with Crippen molar-refractivity contribution in [2.75, 3.05) is 0 Å². The van der Waals surface area contributed by atoms with E-state index < -0.39 is 5.97 Å². The maximum absolute atomic E-state index is 10.3. The van der Waals surface area contributed by atoms with Crippen molar-refractivity contribution >= 4 is 11.5 Å². The molecule has 0 bridgehead atoms. The number of carboxylic acids is 1. The van der Waals surface area contributed by atoms with Gasteiger partial charge in [-0.3, -0.25) is 4.79 Å². The number of phenols is 1. The van der Waals surface area contributed by atoms with Crippen molar-refractivity contribution in [3.8, 4) is 5.75 Å². The van der Waals surface area contributed by atoms with Gasteiger partial charge in [0.2, 0.25) is 0 Å². The van der Waals surface area contributed by atoms with Crippen LogP contribution < -0.4 is 0 Å². The lowest BCUT2D eigenvalue weighted by atomic mass is 10.1. The third-order valence-corrected chi connectivity index (χ3v) is 2.11. The van der Waals surface area contributed by atoms with Crippen molar-refractivity contribution in [3.05, 3.63) is 35.9 Å². The van der Waals surface area contributed by atoms with Crippen LogP contribution in [-0.2, 0) is 4.79 Å². The number of aromatic hydroxyl groups is 1. The summed E-state index contributed by atoms with van der Waals surface area (Å²) in [5.41, 5.74) is 1.90. The Bertz CT molecular complexity index is 380. The second kappa shape index (κ2) is 5.20. The lowest BCUT2D eigenvalue weighted by Crippen LogP contribution is -1.92. The maximum Gasteiger partial charge on any atom is 0.303 e. The Morgan fingerprint density at radius 3 is 2.80 bits per heavy atom. The number of benzene rings is 1. The molecule has 1 rings (SSSR count). The van der Waals surface area contributed by atoms with Crippen molar-refractivity contribution in [2.45, 2.75) is 19.8 Å². The van der Waals surface area contributed by atoms with Crippen molar-refractivity contribution < 1.29 is 15.0 Å². The average Bonchev–Trinajstić information content (AvgIpc) is 2.17. The number of carbonyl (C=O) groups is 1. The van der Waals surface area contributed by atoms with Gasteiger partial charge in [-0.25, -0.2) is 0 Å². The number of hydrogen-bond donors (Lipinski definition) is 2. The highest BCUT2D eigenvalue weighted by Crippen LogP contribution is 2.19. The Kier molecular flexibility index (Phi) is 3.92. The number of hydrogen-bond acceptors (Lipinski definition) is 2. The van der Waals surface area contributed by atoms with E-state index in [1.165, 1.54) is 0 Å². The lowest BCUT2D eigenvalue weighted by molar-refractivity contribution is -0.136. The molecular weight excluding hydrogens is 192 g/mol. The molecule has 0 unspecified atom stereocenters. The zero-order valence-electron chi connectivity index (χ0n) is 8.60. The van der Waals surface area contributed by atoms with Crippen LogP contribution in [0.4, 0.5) is 0 Å². The summed E-state index contributed by atoms with van der Waals surface area (Å²) in [6.45, 7) is 1.90. The Labute approximate surface area is 88.7 Å². The van der Waals surface area contributed by atoms with Crippen molar-refractivity contribution in [1.29, 1.82) is 0 Å². The zero-order valence-corrected chi connectivity index (χ0v) is 8.60. The van der Waals surface area contributed by atoms with Crippen LogP contribution in [0.1, 0.15) is 25.3 Å². The summed E-state index contributed by atoms with van der Waals surface area (Å²) in [6.07, 6.45) is 2.51. The second-order valence-corrected chi connectivity index (χ2v) is 3.37. The van der Waals surface area contributed by atoms with Gasteiger partial charge in [0.05, 0.1) is 0 Å². The Morgan fingerprint density at radius 2 is 2.20 bits per heavy atom. The van der Waals surface area contributed by atoms with E-state index in [0.717, 1.165) is 11.1 Å². The predicted octanol–water partition coefficient (Wildman–Crippen LogP) is 2.66. The average molecular weight is 206 g/mol. The van der Waals surface area contributed by atoms with E-state index >= 15 is 0 Å². The second-order valence-electron chi connectivity index (χ2n) is 3.37. The Hall–Kier alpha value is -1.77. The first-order valence-corrected chi connectivity index (χ1v) is 4.77. The van der Waals surface area contributed by atoms with E-state index in [0.29, 0.717) is 6.42 Å². The van der Waals surface area contributed by atoms with Crippen LogP contribution in [0.5, 0.6) is 5.75 Å². The van der Waals surface area contributed by atoms with Crippen LogP contribution in [0.15, 0.2) is 30.3 Å². The molecule has 0 aliphatic rings. The van der Waals surface area contributed by atoms with E-state index in [-0.39, 0.29) is 12.2 Å². The highest BCUT2D eigenvalue weighted by molar-refractivity contribution is 5.68. The highest BCUT2D eigenvalue weighted by atomic mass is 16.4. The molecule has 1 aromatic rings. The molecule has 0 aliphatic carbocycles. The van der Waals surface area contributed by atoms with Crippen molar-refractivity contribution in [1.82, 2.24) is 0 Å². The molecule has 15 heavy (non-hydrogen) atoms. The molecule has 3 nitrogen and oxygen atoms in total. The molecule has 0 aliphatic heterocycles. The quantitative estimate of drug-likeness (QED) is 0.796. The topological polar surface area (TPSA) is 57.5 Å². The molecule has 2 N–H and O–H groups in total. The van der Waals surface area contributed by atoms with Crippen molar-refractivity contribution in [2.24, 2.45) is 0 Å². The third kappa shape index (κ3) is 3.85. The Balaban J connectivity index is 2.67. The summed E-state index contributed by atoms with van der Waals surface area (Å²) in [5.74, 6) is -0.576. The molecule has 0 amide bonds. The first kappa shape index (κ1) is 11.3. The summed E-state index contributed by atoms with van der Waals surface area (Å²) in [7, 11) is 0. The zero-order chi connectivity index (χ0) is 11.3. The largest absolute Gasteiger partial charge is 0.508 e.